The number of hydrogen-bond acceptors (Lipinski definition) is 4. The molecule has 1 rings (SSSR count). The van der Waals surface area contributed by atoms with Crippen molar-refractivity contribution in [3.8, 4) is 0 Å². The van der Waals surface area contributed by atoms with Gasteiger partial charge in [0.05, 0.1) is 6.61 Å². The average Bonchev–Trinajstić information content (AvgIpc) is 2.31. The van der Waals surface area contributed by atoms with E-state index in [1.165, 1.54) is 7.05 Å². The van der Waals surface area contributed by atoms with Crippen LogP contribution in [0.15, 0.2) is 24.8 Å². The molecule has 0 aromatic heterocycles. The van der Waals surface area contributed by atoms with E-state index < -0.39 is 0 Å². The van der Waals surface area contributed by atoms with Crippen LogP contribution in [0.2, 0.25) is 0 Å². The molecule has 0 heterocycles. The first-order valence-electron chi connectivity index (χ1n) is 5.12. The highest BCUT2D eigenvalue weighted by atomic mass is 16.5. The molecule has 2 amide bonds. The zero-order chi connectivity index (χ0) is 12.8. The van der Waals surface area contributed by atoms with E-state index in [1.807, 2.05) is 12.1 Å². The van der Waals surface area contributed by atoms with E-state index in [0.29, 0.717) is 12.3 Å². The molecule has 1 aromatic carbocycles. The Morgan fingerprint density at radius 2 is 2.28 bits per heavy atom. The second kappa shape index (κ2) is 7.44. The highest BCUT2D eigenvalue weighted by Gasteiger charge is 2.10. The van der Waals surface area contributed by atoms with Gasteiger partial charge < -0.3 is 16.2 Å². The van der Waals surface area contributed by atoms with Gasteiger partial charge >= 0.3 is 6.03 Å². The highest BCUT2D eigenvalue weighted by Crippen LogP contribution is 2.22. The predicted octanol–water partition coefficient (Wildman–Crippen LogP) is 1.98. The minimum absolute atomic E-state index is 0. The van der Waals surface area contributed by atoms with Crippen molar-refractivity contribution in [2.75, 3.05) is 19.5 Å². The van der Waals surface area contributed by atoms with Crippen molar-refractivity contribution in [2.24, 2.45) is 5.84 Å². The number of ether oxygens (including phenoxy) is 1. The summed E-state index contributed by atoms with van der Waals surface area (Å²) in [5.41, 5.74) is 2.47. The molecule has 0 aliphatic carbocycles. The van der Waals surface area contributed by atoms with Gasteiger partial charge in [0.15, 0.2) is 0 Å². The van der Waals surface area contributed by atoms with Crippen molar-refractivity contribution in [3.63, 3.8) is 0 Å². The molecule has 1 aromatic rings. The van der Waals surface area contributed by atoms with Crippen LogP contribution in [0.4, 0.5) is 10.5 Å². The molecule has 0 fully saturated rings. The summed E-state index contributed by atoms with van der Waals surface area (Å²) in [4.78, 5) is 11.5. The number of benzene rings is 1. The van der Waals surface area contributed by atoms with Crippen LogP contribution in [0, 0.1) is 0 Å². The van der Waals surface area contributed by atoms with E-state index in [-0.39, 0.29) is 12.2 Å². The standard InChI is InChI=1S/C12H17N3O2.H3N/c1-4-9-6-5-7-11(10(9)8-17-3)14-12(16)15(2)13;/h4-7H,1,8,13H2,2-3H3,(H,14,16);1H3. The van der Waals surface area contributed by atoms with Crippen molar-refractivity contribution in [3.05, 3.63) is 35.9 Å². The number of rotatable bonds is 4. The van der Waals surface area contributed by atoms with E-state index in [2.05, 4.69) is 11.9 Å². The zero-order valence-corrected chi connectivity index (χ0v) is 10.8. The van der Waals surface area contributed by atoms with Gasteiger partial charge in [-0.2, -0.15) is 0 Å². The number of nitrogens with one attached hydrogen (secondary N) is 1. The molecule has 0 radical (unpaired) electrons. The third-order valence-electron chi connectivity index (χ3n) is 2.28. The third kappa shape index (κ3) is 3.85. The molecule has 6 N–H and O–H groups in total. The lowest BCUT2D eigenvalue weighted by Gasteiger charge is -2.16. The minimum atomic E-state index is -0.386. The van der Waals surface area contributed by atoms with Gasteiger partial charge in [-0.25, -0.2) is 10.6 Å². The zero-order valence-electron chi connectivity index (χ0n) is 10.8. The van der Waals surface area contributed by atoms with Crippen molar-refractivity contribution >= 4 is 17.8 Å². The molecule has 0 saturated heterocycles. The Morgan fingerprint density at radius 1 is 1.61 bits per heavy atom. The van der Waals surface area contributed by atoms with Gasteiger partial charge in [-0.3, -0.25) is 5.01 Å². The summed E-state index contributed by atoms with van der Waals surface area (Å²) in [6, 6.07) is 5.15. The molecule has 0 atom stereocenters. The average molecular weight is 252 g/mol. The summed E-state index contributed by atoms with van der Waals surface area (Å²) in [7, 11) is 3.07. The number of hydrogen-bond donors (Lipinski definition) is 3. The van der Waals surface area contributed by atoms with E-state index in [9.17, 15) is 4.79 Å². The first-order chi connectivity index (χ1) is 8.10. The maximum Gasteiger partial charge on any atom is 0.335 e. The van der Waals surface area contributed by atoms with Gasteiger partial charge in [0.2, 0.25) is 0 Å². The number of anilines is 1. The maximum absolute atomic E-state index is 11.5. The second-order valence-electron chi connectivity index (χ2n) is 3.55. The van der Waals surface area contributed by atoms with Crippen LogP contribution in [-0.2, 0) is 11.3 Å². The molecule has 0 bridgehead atoms. The van der Waals surface area contributed by atoms with Crippen LogP contribution >= 0.6 is 0 Å². The molecular formula is C12H20N4O2. The molecule has 0 aliphatic heterocycles. The highest BCUT2D eigenvalue weighted by molar-refractivity contribution is 5.90. The van der Waals surface area contributed by atoms with E-state index in [4.69, 9.17) is 10.6 Å². The van der Waals surface area contributed by atoms with Crippen molar-refractivity contribution in [2.45, 2.75) is 6.61 Å². The smallest absolute Gasteiger partial charge is 0.335 e. The van der Waals surface area contributed by atoms with Gasteiger partial charge in [-0.15, -0.1) is 0 Å². The van der Waals surface area contributed by atoms with Gasteiger partial charge in [-0.1, -0.05) is 24.8 Å². The number of nitrogens with two attached hydrogens (primary N) is 1. The normalized spacial score (nSPS) is 9.28. The first-order valence-corrected chi connectivity index (χ1v) is 5.12. The van der Waals surface area contributed by atoms with Gasteiger partial charge in [0, 0.05) is 25.4 Å². The Kier molecular flexibility index (Phi) is 6.66. The third-order valence-corrected chi connectivity index (χ3v) is 2.28. The molecule has 0 saturated carbocycles. The Labute approximate surface area is 107 Å². The number of carbonyl (C=O) groups excluding carboxylic acids is 1. The monoisotopic (exact) mass is 252 g/mol. The molecule has 0 aliphatic rings. The predicted molar refractivity (Wildman–Crippen MR) is 73.2 cm³/mol. The van der Waals surface area contributed by atoms with E-state index >= 15 is 0 Å². The molecule has 100 valence electrons. The molecule has 0 unspecified atom stereocenters. The van der Waals surface area contributed by atoms with Crippen molar-refractivity contribution in [1.82, 2.24) is 11.2 Å². The Morgan fingerprint density at radius 3 is 2.78 bits per heavy atom. The molecule has 6 nitrogen and oxygen atoms in total. The van der Waals surface area contributed by atoms with Crippen LogP contribution in [0.25, 0.3) is 6.08 Å². The lowest BCUT2D eigenvalue weighted by Crippen LogP contribution is -2.37. The number of nitrogens with zero attached hydrogens (tertiary/aromatic N) is 1. The second-order valence-corrected chi connectivity index (χ2v) is 3.55. The first kappa shape index (κ1) is 16.1. The minimum Gasteiger partial charge on any atom is -0.380 e. The van der Waals surface area contributed by atoms with Crippen LogP contribution in [-0.4, -0.2) is 25.2 Å². The van der Waals surface area contributed by atoms with Crippen LogP contribution < -0.4 is 17.3 Å². The number of carbonyl (C=O) groups is 1. The molecule has 6 heteroatoms. The van der Waals surface area contributed by atoms with Gasteiger partial charge in [0.1, 0.15) is 0 Å². The Balaban J connectivity index is 0.00000289. The summed E-state index contributed by atoms with van der Waals surface area (Å²) in [6.45, 7) is 4.12. The summed E-state index contributed by atoms with van der Waals surface area (Å²) < 4.78 is 5.11. The van der Waals surface area contributed by atoms with Crippen LogP contribution in [0.1, 0.15) is 11.1 Å². The van der Waals surface area contributed by atoms with Crippen LogP contribution in [0.3, 0.4) is 0 Å². The number of methoxy groups -OCH3 is 1. The Bertz CT molecular complexity index is 419. The number of amides is 2. The maximum atomic E-state index is 11.5. The fraction of sp³-hybridized carbons (Fsp3) is 0.250. The largest absolute Gasteiger partial charge is 0.380 e. The van der Waals surface area contributed by atoms with Crippen molar-refractivity contribution in [1.29, 1.82) is 0 Å². The fourth-order valence-electron chi connectivity index (χ4n) is 1.42. The Hall–Kier alpha value is -1.89. The van der Waals surface area contributed by atoms with Gasteiger partial charge in [0.25, 0.3) is 0 Å². The SMILES string of the molecule is C=Cc1cccc(NC(=O)N(C)N)c1COC.N. The van der Waals surface area contributed by atoms with E-state index in [0.717, 1.165) is 16.1 Å². The lowest BCUT2D eigenvalue weighted by atomic mass is 10.1. The number of hydrazine groups is 1. The quantitative estimate of drug-likeness (QED) is 0.433. The van der Waals surface area contributed by atoms with Crippen LogP contribution in [0.5, 0.6) is 0 Å². The fourth-order valence-corrected chi connectivity index (χ4v) is 1.42. The number of urea groups is 1. The summed E-state index contributed by atoms with van der Waals surface area (Å²) in [5, 5.41) is 3.69. The van der Waals surface area contributed by atoms with Gasteiger partial charge in [-0.05, 0) is 11.6 Å². The van der Waals surface area contributed by atoms with Crippen molar-refractivity contribution < 1.29 is 9.53 Å². The molecule has 18 heavy (non-hydrogen) atoms. The van der Waals surface area contributed by atoms with E-state index in [1.54, 1.807) is 19.3 Å². The summed E-state index contributed by atoms with van der Waals surface area (Å²) >= 11 is 0. The summed E-state index contributed by atoms with van der Waals surface area (Å²) in [6.07, 6.45) is 1.72. The molecular weight excluding hydrogens is 232 g/mol. The molecule has 0 spiro atoms. The topological polar surface area (TPSA) is 103 Å². The lowest BCUT2D eigenvalue weighted by molar-refractivity contribution is 0.185. The summed E-state index contributed by atoms with van der Waals surface area (Å²) in [5.74, 6) is 5.35.